The lowest BCUT2D eigenvalue weighted by Gasteiger charge is -2.12. The Balaban J connectivity index is 3.16. The van der Waals surface area contributed by atoms with Crippen LogP contribution in [0.2, 0.25) is 0 Å². The zero-order valence-corrected chi connectivity index (χ0v) is 8.58. The molecule has 0 saturated heterocycles. The molecule has 0 bridgehead atoms. The molecule has 1 heterocycles. The van der Waals surface area contributed by atoms with Gasteiger partial charge in [0, 0.05) is 12.6 Å². The van der Waals surface area contributed by atoms with Crippen molar-refractivity contribution in [2.75, 3.05) is 5.73 Å². The molecule has 0 saturated carbocycles. The average Bonchev–Trinajstić information content (AvgIpc) is 2.20. The van der Waals surface area contributed by atoms with Crippen molar-refractivity contribution in [3.8, 4) is 11.9 Å². The van der Waals surface area contributed by atoms with E-state index in [9.17, 15) is 13.2 Å². The second kappa shape index (κ2) is 4.88. The van der Waals surface area contributed by atoms with E-state index in [2.05, 4.69) is 9.72 Å². The average molecular weight is 246 g/mol. The Morgan fingerprint density at radius 2 is 2.12 bits per heavy atom. The molecule has 0 aliphatic carbocycles. The summed E-state index contributed by atoms with van der Waals surface area (Å²) in [6, 6.07) is 2.75. The van der Waals surface area contributed by atoms with E-state index in [-0.39, 0.29) is 29.9 Å². The summed E-state index contributed by atoms with van der Waals surface area (Å²) in [5.41, 5.74) is 11.3. The first-order valence-corrected chi connectivity index (χ1v) is 4.48. The number of anilines is 1. The molecule has 0 aliphatic heterocycles. The van der Waals surface area contributed by atoms with Gasteiger partial charge in [0.1, 0.15) is 0 Å². The van der Waals surface area contributed by atoms with Gasteiger partial charge in [0.05, 0.1) is 23.9 Å². The van der Waals surface area contributed by atoms with Crippen molar-refractivity contribution >= 4 is 5.69 Å². The number of nitrogen functional groups attached to an aromatic ring is 1. The highest BCUT2D eigenvalue weighted by Gasteiger charge is 2.32. The predicted octanol–water partition coefficient (Wildman–Crippen LogP) is 1.09. The van der Waals surface area contributed by atoms with E-state index in [1.54, 1.807) is 6.07 Å². The number of alkyl halides is 3. The van der Waals surface area contributed by atoms with Gasteiger partial charge in [0.15, 0.2) is 0 Å². The Morgan fingerprint density at radius 3 is 2.59 bits per heavy atom. The molecule has 4 N–H and O–H groups in total. The fourth-order valence-corrected chi connectivity index (χ4v) is 1.19. The van der Waals surface area contributed by atoms with Crippen molar-refractivity contribution in [3.05, 3.63) is 17.3 Å². The highest BCUT2D eigenvalue weighted by atomic mass is 19.4. The molecule has 5 nitrogen and oxygen atoms in total. The van der Waals surface area contributed by atoms with E-state index in [0.29, 0.717) is 0 Å². The van der Waals surface area contributed by atoms with E-state index in [4.69, 9.17) is 16.7 Å². The maximum atomic E-state index is 12.0. The van der Waals surface area contributed by atoms with Crippen LogP contribution in [0.25, 0.3) is 0 Å². The van der Waals surface area contributed by atoms with Crippen LogP contribution in [0.1, 0.15) is 11.3 Å². The van der Waals surface area contributed by atoms with Crippen LogP contribution < -0.4 is 16.2 Å². The molecule has 0 radical (unpaired) electrons. The first kappa shape index (κ1) is 13.1. The van der Waals surface area contributed by atoms with Crippen LogP contribution in [-0.4, -0.2) is 11.3 Å². The third-order valence-electron chi connectivity index (χ3n) is 1.89. The van der Waals surface area contributed by atoms with E-state index >= 15 is 0 Å². The second-order valence-electron chi connectivity index (χ2n) is 3.07. The summed E-state index contributed by atoms with van der Waals surface area (Å²) in [5, 5.41) is 8.49. The summed E-state index contributed by atoms with van der Waals surface area (Å²) >= 11 is 0. The Bertz CT molecular complexity index is 453. The van der Waals surface area contributed by atoms with Crippen LogP contribution in [0.15, 0.2) is 6.07 Å². The third kappa shape index (κ3) is 3.49. The number of nitriles is 1. The molecule has 17 heavy (non-hydrogen) atoms. The molecule has 1 aromatic heterocycles. The largest absolute Gasteiger partial charge is 0.574 e. The predicted molar refractivity (Wildman–Crippen MR) is 52.5 cm³/mol. The molecule has 0 amide bonds. The zero-order valence-electron chi connectivity index (χ0n) is 8.58. The lowest BCUT2D eigenvalue weighted by atomic mass is 10.1. The van der Waals surface area contributed by atoms with Crippen LogP contribution in [0.3, 0.4) is 0 Å². The smallest absolute Gasteiger partial charge is 0.397 e. The number of nitrogens with zero attached hydrogens (tertiary/aromatic N) is 2. The number of hydrogen-bond donors (Lipinski definition) is 2. The fourth-order valence-electron chi connectivity index (χ4n) is 1.19. The van der Waals surface area contributed by atoms with E-state index < -0.39 is 12.2 Å². The molecule has 0 aromatic carbocycles. The second-order valence-corrected chi connectivity index (χ2v) is 3.07. The molecule has 0 atom stereocenters. The first-order chi connectivity index (χ1) is 7.87. The quantitative estimate of drug-likeness (QED) is 0.831. The normalized spacial score (nSPS) is 11.0. The van der Waals surface area contributed by atoms with Gasteiger partial charge in [-0.25, -0.2) is 4.98 Å². The van der Waals surface area contributed by atoms with E-state index in [0.717, 1.165) is 6.07 Å². The molecule has 0 fully saturated rings. The van der Waals surface area contributed by atoms with Crippen molar-refractivity contribution in [2.24, 2.45) is 5.73 Å². The Labute approximate surface area is 94.8 Å². The third-order valence-corrected chi connectivity index (χ3v) is 1.89. The standard InChI is InChI=1S/C9H9F3N4O/c10-9(11,12)17-7-3-5(4-14)8(15)6(16-7)1-2-13/h3H,1,4,14-15H2. The van der Waals surface area contributed by atoms with Crippen molar-refractivity contribution < 1.29 is 17.9 Å². The number of rotatable bonds is 3. The highest BCUT2D eigenvalue weighted by Crippen LogP contribution is 2.26. The van der Waals surface area contributed by atoms with Gasteiger partial charge in [0.2, 0.25) is 5.88 Å². The minimum atomic E-state index is -4.85. The van der Waals surface area contributed by atoms with Crippen LogP contribution in [0.5, 0.6) is 5.88 Å². The lowest BCUT2D eigenvalue weighted by Crippen LogP contribution is -2.19. The summed E-state index contributed by atoms with van der Waals surface area (Å²) in [6.07, 6.45) is -5.06. The number of hydrogen-bond acceptors (Lipinski definition) is 5. The molecule has 8 heteroatoms. The Morgan fingerprint density at radius 1 is 1.47 bits per heavy atom. The molecule has 0 spiro atoms. The molecule has 1 rings (SSSR count). The molecule has 92 valence electrons. The summed E-state index contributed by atoms with van der Waals surface area (Å²) in [5.74, 6) is -0.669. The van der Waals surface area contributed by atoms with Crippen molar-refractivity contribution in [1.82, 2.24) is 4.98 Å². The zero-order chi connectivity index (χ0) is 13.1. The summed E-state index contributed by atoms with van der Waals surface area (Å²) in [4.78, 5) is 3.51. The van der Waals surface area contributed by atoms with Gasteiger partial charge in [-0.05, 0) is 5.56 Å². The van der Waals surface area contributed by atoms with Gasteiger partial charge < -0.3 is 16.2 Å². The van der Waals surface area contributed by atoms with Gasteiger partial charge in [-0.3, -0.25) is 0 Å². The van der Waals surface area contributed by atoms with Crippen LogP contribution >= 0.6 is 0 Å². The maximum absolute atomic E-state index is 12.0. The van der Waals surface area contributed by atoms with E-state index in [1.165, 1.54) is 0 Å². The molecule has 1 aromatic rings. The number of nitrogens with two attached hydrogens (primary N) is 2. The Hall–Kier alpha value is -2.01. The van der Waals surface area contributed by atoms with Gasteiger partial charge >= 0.3 is 6.36 Å². The van der Waals surface area contributed by atoms with Gasteiger partial charge in [0.25, 0.3) is 0 Å². The monoisotopic (exact) mass is 246 g/mol. The minimum Gasteiger partial charge on any atom is -0.397 e. The minimum absolute atomic E-state index is 0.0229. The van der Waals surface area contributed by atoms with Crippen molar-refractivity contribution in [3.63, 3.8) is 0 Å². The molecule has 0 unspecified atom stereocenters. The number of aromatic nitrogens is 1. The van der Waals surface area contributed by atoms with Crippen molar-refractivity contribution in [1.29, 1.82) is 5.26 Å². The summed E-state index contributed by atoms with van der Waals surface area (Å²) < 4.78 is 39.7. The number of ether oxygens (including phenoxy) is 1. The molecule has 0 aliphatic rings. The molecular formula is C9H9F3N4O. The van der Waals surface area contributed by atoms with Crippen molar-refractivity contribution in [2.45, 2.75) is 19.3 Å². The summed E-state index contributed by atoms with van der Waals surface area (Å²) in [7, 11) is 0. The maximum Gasteiger partial charge on any atom is 0.574 e. The van der Waals surface area contributed by atoms with Crippen LogP contribution in [0.4, 0.5) is 18.9 Å². The molecular weight excluding hydrogens is 237 g/mol. The summed E-state index contributed by atoms with van der Waals surface area (Å²) in [6.45, 7) is -0.0685. The number of halogens is 3. The van der Waals surface area contributed by atoms with E-state index in [1.807, 2.05) is 0 Å². The fraction of sp³-hybridized carbons (Fsp3) is 0.333. The highest BCUT2D eigenvalue weighted by molar-refractivity contribution is 5.53. The Kier molecular flexibility index (Phi) is 3.75. The topological polar surface area (TPSA) is 97.9 Å². The van der Waals surface area contributed by atoms with Gasteiger partial charge in [-0.1, -0.05) is 0 Å². The van der Waals surface area contributed by atoms with Gasteiger partial charge in [-0.15, -0.1) is 13.2 Å². The first-order valence-electron chi connectivity index (χ1n) is 4.48. The lowest BCUT2D eigenvalue weighted by molar-refractivity contribution is -0.276. The van der Waals surface area contributed by atoms with Crippen LogP contribution in [-0.2, 0) is 13.0 Å². The SMILES string of the molecule is N#CCc1nc(OC(F)(F)F)cc(CN)c1N. The van der Waals surface area contributed by atoms with Gasteiger partial charge in [-0.2, -0.15) is 5.26 Å². The number of pyridine rings is 1. The van der Waals surface area contributed by atoms with Crippen LogP contribution in [0, 0.1) is 11.3 Å².